The van der Waals surface area contributed by atoms with Gasteiger partial charge >= 0.3 is 0 Å². The highest BCUT2D eigenvalue weighted by Crippen LogP contribution is 2.22. The summed E-state index contributed by atoms with van der Waals surface area (Å²) in [5.74, 6) is -1.90. The Morgan fingerprint density at radius 2 is 2.11 bits per heavy atom. The van der Waals surface area contributed by atoms with Gasteiger partial charge in [0, 0.05) is 10.9 Å². The van der Waals surface area contributed by atoms with Crippen molar-refractivity contribution >= 4 is 22.6 Å². The van der Waals surface area contributed by atoms with Gasteiger partial charge in [0.1, 0.15) is 0 Å². The van der Waals surface area contributed by atoms with E-state index in [1.165, 1.54) is 6.07 Å². The van der Waals surface area contributed by atoms with Crippen LogP contribution in [-0.2, 0) is 6.42 Å². The maximum Gasteiger partial charge on any atom is 0.182 e. The molecule has 0 radical (unpaired) electrons. The van der Waals surface area contributed by atoms with Crippen LogP contribution in [0, 0.1) is 11.6 Å². The first-order valence-corrected chi connectivity index (χ1v) is 6.08. The summed E-state index contributed by atoms with van der Waals surface area (Å²) in [4.78, 5) is 3.36. The normalized spacial score (nSPS) is 13.7. The van der Waals surface area contributed by atoms with Gasteiger partial charge in [0.05, 0.1) is 0 Å². The first kappa shape index (κ1) is 14.7. The van der Waals surface area contributed by atoms with Gasteiger partial charge in [-0.2, -0.15) is 0 Å². The van der Waals surface area contributed by atoms with Gasteiger partial charge in [-0.3, -0.25) is 0 Å². The van der Waals surface area contributed by atoms with Gasteiger partial charge in [-0.1, -0.05) is 18.7 Å². The Labute approximate surface area is 107 Å². The first-order chi connectivity index (χ1) is 8.43. The quantitative estimate of drug-likeness (QED) is 0.384. The molecule has 0 unspecified atom stereocenters. The minimum absolute atomic E-state index is 0.0785. The van der Waals surface area contributed by atoms with Crippen LogP contribution in [0.25, 0.3) is 0 Å². The molecule has 0 saturated carbocycles. The van der Waals surface area contributed by atoms with Crippen molar-refractivity contribution in [1.82, 2.24) is 0 Å². The molecule has 18 heavy (non-hydrogen) atoms. The first-order valence-electron chi connectivity index (χ1n) is 5.20. The van der Waals surface area contributed by atoms with Crippen molar-refractivity contribution in [3.05, 3.63) is 29.3 Å². The van der Waals surface area contributed by atoms with Gasteiger partial charge in [-0.15, -0.1) is 0 Å². The van der Waals surface area contributed by atoms with Gasteiger partial charge in [0.25, 0.3) is 0 Å². The van der Waals surface area contributed by atoms with E-state index in [1.807, 2.05) is 0 Å². The van der Waals surface area contributed by atoms with Crippen LogP contribution in [0.4, 0.5) is 18.9 Å². The molecule has 0 saturated heterocycles. The van der Waals surface area contributed by atoms with Crippen molar-refractivity contribution in [3.63, 3.8) is 0 Å². The Hall–Kier alpha value is -1.37. The summed E-state index contributed by atoms with van der Waals surface area (Å²) in [5, 5.41) is -0.0919. The van der Waals surface area contributed by atoms with E-state index in [2.05, 4.69) is 4.99 Å². The zero-order chi connectivity index (χ0) is 13.7. The second kappa shape index (κ2) is 6.53. The molecule has 0 aliphatic carbocycles. The molecule has 0 heterocycles. The molecule has 0 aliphatic rings. The van der Waals surface area contributed by atoms with E-state index < -0.39 is 18.4 Å². The summed E-state index contributed by atoms with van der Waals surface area (Å²) in [6.45, 7) is 0.860. The highest BCUT2D eigenvalue weighted by Gasteiger charge is 2.14. The van der Waals surface area contributed by atoms with Crippen molar-refractivity contribution in [2.75, 3.05) is 12.5 Å². The Bertz CT molecular complexity index is 451. The van der Waals surface area contributed by atoms with E-state index in [0.717, 1.165) is 17.8 Å². The van der Waals surface area contributed by atoms with Crippen molar-refractivity contribution in [3.8, 4) is 0 Å². The van der Waals surface area contributed by atoms with Gasteiger partial charge < -0.3 is 11.5 Å². The van der Waals surface area contributed by atoms with Crippen LogP contribution in [-0.4, -0.2) is 17.2 Å². The van der Waals surface area contributed by atoms with E-state index in [1.54, 1.807) is 6.92 Å². The molecular weight excluding hydrogens is 263 g/mol. The van der Waals surface area contributed by atoms with Crippen molar-refractivity contribution in [1.29, 1.82) is 0 Å². The number of hydrogen-bond acceptors (Lipinski definition) is 3. The number of amidine groups is 1. The molecule has 1 atom stereocenters. The Kier molecular flexibility index (Phi) is 5.33. The number of nitrogen functional groups attached to an aromatic ring is 1. The van der Waals surface area contributed by atoms with Crippen molar-refractivity contribution in [2.45, 2.75) is 18.6 Å². The maximum absolute atomic E-state index is 13.5. The number of nitrogens with two attached hydrogens (primary N) is 2. The topological polar surface area (TPSA) is 64.4 Å². The molecule has 0 aromatic heterocycles. The molecular formula is C11H14F3N3S. The number of anilines is 1. The second-order valence-electron chi connectivity index (χ2n) is 3.72. The summed E-state index contributed by atoms with van der Waals surface area (Å²) in [7, 11) is 0. The number of aliphatic imine (C=N–C) groups is 1. The van der Waals surface area contributed by atoms with E-state index in [-0.39, 0.29) is 28.1 Å². The third-order valence-corrected chi connectivity index (χ3v) is 3.11. The average Bonchev–Trinajstić information content (AvgIpc) is 2.25. The lowest BCUT2D eigenvalue weighted by Gasteiger charge is -2.12. The van der Waals surface area contributed by atoms with Crippen LogP contribution in [0.3, 0.4) is 0 Å². The summed E-state index contributed by atoms with van der Waals surface area (Å²) in [5.41, 5.74) is 11.2. The Balaban J connectivity index is 2.76. The molecule has 0 aliphatic heterocycles. The summed E-state index contributed by atoms with van der Waals surface area (Å²) >= 11 is 1.10. The minimum atomic E-state index is -0.979. The molecule has 100 valence electrons. The van der Waals surface area contributed by atoms with E-state index in [9.17, 15) is 13.2 Å². The predicted octanol–water partition coefficient (Wildman–Crippen LogP) is 2.45. The lowest BCUT2D eigenvalue weighted by Crippen LogP contribution is -2.14. The molecule has 4 N–H and O–H groups in total. The number of thioether (sulfide) groups is 1. The summed E-state index contributed by atoms with van der Waals surface area (Å²) in [6, 6.07) is 2.30. The van der Waals surface area contributed by atoms with Gasteiger partial charge in [0.15, 0.2) is 23.6 Å². The standard InChI is InChI=1S/C11H14F3N3S/c1-6(18-11(16)17-5-12)2-7-3-8(15)4-9(13)10(7)14/h3-4,6H,2,5,15H2,1H3,(H2,16,17)/t6-/m1/s1. The molecule has 0 spiro atoms. The largest absolute Gasteiger partial charge is 0.399 e. The number of nitrogens with zero attached hydrogens (tertiary/aromatic N) is 1. The van der Waals surface area contributed by atoms with Crippen molar-refractivity contribution in [2.24, 2.45) is 10.7 Å². The molecule has 7 heteroatoms. The van der Waals surface area contributed by atoms with E-state index in [4.69, 9.17) is 11.5 Å². The second-order valence-corrected chi connectivity index (χ2v) is 5.18. The summed E-state index contributed by atoms with van der Waals surface area (Å²) < 4.78 is 38.5. The zero-order valence-electron chi connectivity index (χ0n) is 9.79. The van der Waals surface area contributed by atoms with Crippen LogP contribution in [0.5, 0.6) is 0 Å². The third kappa shape index (κ3) is 4.14. The number of hydrogen-bond donors (Lipinski definition) is 2. The number of alkyl halides is 1. The highest BCUT2D eigenvalue weighted by atomic mass is 32.2. The van der Waals surface area contributed by atoms with Crippen LogP contribution in [0.2, 0.25) is 0 Å². The van der Waals surface area contributed by atoms with Gasteiger partial charge in [0.2, 0.25) is 0 Å². The van der Waals surface area contributed by atoms with Gasteiger partial charge in [-0.25, -0.2) is 18.2 Å². The average molecular weight is 277 g/mol. The number of halogens is 3. The summed E-state index contributed by atoms with van der Waals surface area (Å²) in [6.07, 6.45) is 0.223. The Morgan fingerprint density at radius 1 is 1.44 bits per heavy atom. The molecule has 3 nitrogen and oxygen atoms in total. The van der Waals surface area contributed by atoms with Crippen molar-refractivity contribution < 1.29 is 13.2 Å². The molecule has 0 bridgehead atoms. The fourth-order valence-corrected chi connectivity index (χ4v) is 2.27. The number of rotatable bonds is 4. The predicted molar refractivity (Wildman–Crippen MR) is 69.1 cm³/mol. The van der Waals surface area contributed by atoms with Crippen LogP contribution < -0.4 is 11.5 Å². The highest BCUT2D eigenvalue weighted by molar-refractivity contribution is 8.14. The molecule has 0 amide bonds. The SMILES string of the molecule is C[C@H](Cc1cc(N)cc(F)c1F)S/C(N)=N\CF. The zero-order valence-corrected chi connectivity index (χ0v) is 10.6. The molecule has 1 aromatic rings. The van der Waals surface area contributed by atoms with Crippen LogP contribution in [0.1, 0.15) is 12.5 Å². The van der Waals surface area contributed by atoms with E-state index in [0.29, 0.717) is 0 Å². The van der Waals surface area contributed by atoms with Crippen LogP contribution in [0.15, 0.2) is 17.1 Å². The fourth-order valence-electron chi connectivity index (χ4n) is 1.47. The third-order valence-electron chi connectivity index (χ3n) is 2.17. The molecule has 0 fully saturated rings. The Morgan fingerprint density at radius 3 is 2.72 bits per heavy atom. The molecule has 1 rings (SSSR count). The van der Waals surface area contributed by atoms with Crippen LogP contribution >= 0.6 is 11.8 Å². The van der Waals surface area contributed by atoms with Gasteiger partial charge in [-0.05, 0) is 24.1 Å². The molecule has 1 aromatic carbocycles. The lowest BCUT2D eigenvalue weighted by molar-refractivity contribution is 0.499. The number of benzene rings is 1. The lowest BCUT2D eigenvalue weighted by atomic mass is 10.1. The van der Waals surface area contributed by atoms with E-state index >= 15 is 0 Å². The smallest absolute Gasteiger partial charge is 0.182 e. The minimum Gasteiger partial charge on any atom is -0.399 e. The fraction of sp³-hybridized carbons (Fsp3) is 0.364. The monoisotopic (exact) mass is 277 g/mol. The maximum atomic E-state index is 13.5.